The predicted molar refractivity (Wildman–Crippen MR) is 139 cm³/mol. The molecule has 0 bridgehead atoms. The van der Waals surface area contributed by atoms with Crippen LogP contribution in [-0.2, 0) is 13.0 Å². The SMILES string of the molecule is O=C(c1cn2c3c(cccc3c1=O)CCC2)N1CCN(C(c2ccccc2)c2ccccc2)CC1. The Morgan fingerprint density at radius 3 is 2.06 bits per heavy atom. The van der Waals surface area contributed by atoms with Gasteiger partial charge in [-0.3, -0.25) is 14.5 Å². The second kappa shape index (κ2) is 9.16. The number of benzene rings is 3. The second-order valence-corrected chi connectivity index (χ2v) is 9.53. The van der Waals surface area contributed by atoms with E-state index < -0.39 is 0 Å². The molecule has 0 aliphatic carbocycles. The summed E-state index contributed by atoms with van der Waals surface area (Å²) in [7, 11) is 0. The molecule has 0 atom stereocenters. The van der Waals surface area contributed by atoms with Crippen molar-refractivity contribution in [3.05, 3.63) is 118 Å². The molecule has 5 nitrogen and oxygen atoms in total. The van der Waals surface area contributed by atoms with E-state index in [2.05, 4.69) is 64.1 Å². The highest BCUT2D eigenvalue weighted by molar-refractivity contribution is 5.98. The highest BCUT2D eigenvalue weighted by Gasteiger charge is 2.30. The third-order valence-electron chi connectivity index (χ3n) is 7.45. The number of hydrogen-bond donors (Lipinski definition) is 0. The van der Waals surface area contributed by atoms with Crippen molar-refractivity contribution in [2.75, 3.05) is 26.2 Å². The zero-order valence-electron chi connectivity index (χ0n) is 19.8. The highest BCUT2D eigenvalue weighted by atomic mass is 16.2. The third kappa shape index (κ3) is 3.96. The van der Waals surface area contributed by atoms with E-state index in [9.17, 15) is 9.59 Å². The fourth-order valence-electron chi connectivity index (χ4n) is 5.75. The summed E-state index contributed by atoms with van der Waals surface area (Å²) in [5.41, 5.74) is 4.86. The van der Waals surface area contributed by atoms with E-state index >= 15 is 0 Å². The van der Waals surface area contributed by atoms with Gasteiger partial charge in [0.25, 0.3) is 5.91 Å². The Hall–Kier alpha value is -3.70. The van der Waals surface area contributed by atoms with Crippen LogP contribution in [-0.4, -0.2) is 46.5 Å². The van der Waals surface area contributed by atoms with Crippen LogP contribution in [0.2, 0.25) is 0 Å². The first-order valence-corrected chi connectivity index (χ1v) is 12.5. The van der Waals surface area contributed by atoms with Crippen molar-refractivity contribution in [2.45, 2.75) is 25.4 Å². The number of amides is 1. The molecule has 0 unspecified atom stereocenters. The summed E-state index contributed by atoms with van der Waals surface area (Å²) in [6.07, 6.45) is 3.82. The van der Waals surface area contributed by atoms with E-state index in [4.69, 9.17) is 0 Å². The average molecular weight is 464 g/mol. The maximum absolute atomic E-state index is 13.5. The van der Waals surface area contributed by atoms with Crippen molar-refractivity contribution in [1.82, 2.24) is 14.4 Å². The minimum absolute atomic E-state index is 0.140. The first kappa shape index (κ1) is 21.8. The lowest BCUT2D eigenvalue weighted by molar-refractivity contribution is 0.0595. The second-order valence-electron chi connectivity index (χ2n) is 9.53. The molecular formula is C30H29N3O2. The largest absolute Gasteiger partial charge is 0.346 e. The van der Waals surface area contributed by atoms with Gasteiger partial charge in [-0.15, -0.1) is 0 Å². The lowest BCUT2D eigenvalue weighted by Gasteiger charge is -2.39. The monoisotopic (exact) mass is 463 g/mol. The molecule has 4 aromatic rings. The minimum atomic E-state index is -0.146. The number of hydrogen-bond acceptors (Lipinski definition) is 3. The Morgan fingerprint density at radius 2 is 1.40 bits per heavy atom. The van der Waals surface area contributed by atoms with Gasteiger partial charge in [0, 0.05) is 44.3 Å². The van der Waals surface area contributed by atoms with Gasteiger partial charge < -0.3 is 9.47 Å². The molecule has 0 spiro atoms. The van der Waals surface area contributed by atoms with E-state index in [1.807, 2.05) is 29.2 Å². The first-order chi connectivity index (χ1) is 17.2. The van der Waals surface area contributed by atoms with E-state index in [1.54, 1.807) is 6.20 Å². The predicted octanol–water partition coefficient (Wildman–Crippen LogP) is 4.50. The molecule has 176 valence electrons. The van der Waals surface area contributed by atoms with Gasteiger partial charge in [0.05, 0.1) is 11.6 Å². The Labute approximate surface area is 205 Å². The lowest BCUT2D eigenvalue weighted by Crippen LogP contribution is -2.50. The molecule has 5 heteroatoms. The molecule has 3 aromatic carbocycles. The quantitative estimate of drug-likeness (QED) is 0.448. The van der Waals surface area contributed by atoms with E-state index in [0.29, 0.717) is 24.0 Å². The van der Waals surface area contributed by atoms with Crippen LogP contribution in [0.15, 0.2) is 89.9 Å². The van der Waals surface area contributed by atoms with E-state index in [-0.39, 0.29) is 17.4 Å². The highest BCUT2D eigenvalue weighted by Crippen LogP contribution is 2.30. The van der Waals surface area contributed by atoms with Crippen LogP contribution in [0.25, 0.3) is 10.9 Å². The fourth-order valence-corrected chi connectivity index (χ4v) is 5.75. The normalized spacial score (nSPS) is 16.1. The number of nitrogens with zero attached hydrogens (tertiary/aromatic N) is 3. The number of aromatic nitrogens is 1. The van der Waals surface area contributed by atoms with Crippen LogP contribution < -0.4 is 5.43 Å². The van der Waals surface area contributed by atoms with Crippen molar-refractivity contribution < 1.29 is 4.79 Å². The number of para-hydroxylation sites is 1. The molecule has 0 saturated carbocycles. The summed E-state index contributed by atoms with van der Waals surface area (Å²) in [5.74, 6) is -0.146. The smallest absolute Gasteiger partial charge is 0.259 e. The zero-order chi connectivity index (χ0) is 23.8. The Morgan fingerprint density at radius 1 is 0.743 bits per heavy atom. The molecule has 1 fully saturated rings. The Kier molecular flexibility index (Phi) is 5.71. The lowest BCUT2D eigenvalue weighted by atomic mass is 9.96. The van der Waals surface area contributed by atoms with Gasteiger partial charge in [0.2, 0.25) is 5.43 Å². The van der Waals surface area contributed by atoms with Gasteiger partial charge in [-0.1, -0.05) is 72.8 Å². The van der Waals surface area contributed by atoms with Crippen molar-refractivity contribution in [3.63, 3.8) is 0 Å². The number of piperazine rings is 1. The fraction of sp³-hybridized carbons (Fsp3) is 0.267. The van der Waals surface area contributed by atoms with Gasteiger partial charge in [-0.2, -0.15) is 0 Å². The van der Waals surface area contributed by atoms with Crippen LogP contribution in [0.1, 0.15) is 39.5 Å². The zero-order valence-corrected chi connectivity index (χ0v) is 19.8. The third-order valence-corrected chi connectivity index (χ3v) is 7.45. The van der Waals surface area contributed by atoms with E-state index in [1.165, 1.54) is 16.7 Å². The van der Waals surface area contributed by atoms with Crippen LogP contribution in [0, 0.1) is 0 Å². The standard InChI is InChI=1S/C30H29N3O2/c34-29-25-15-7-13-24-14-8-16-33(28(24)25)21-26(29)30(35)32-19-17-31(18-20-32)27(22-9-3-1-4-10-22)23-11-5-2-6-12-23/h1-7,9-13,15,21,27H,8,14,16-20H2. The number of carbonyl (C=O) groups is 1. The summed E-state index contributed by atoms with van der Waals surface area (Å²) in [6, 6.07) is 27.1. The minimum Gasteiger partial charge on any atom is -0.346 e. The molecule has 3 heterocycles. The van der Waals surface area contributed by atoms with Gasteiger partial charge >= 0.3 is 0 Å². The van der Waals surface area contributed by atoms with E-state index in [0.717, 1.165) is 38.0 Å². The van der Waals surface area contributed by atoms with Crippen LogP contribution in [0.4, 0.5) is 0 Å². The molecular weight excluding hydrogens is 434 g/mol. The summed E-state index contributed by atoms with van der Waals surface area (Å²) in [5, 5.41) is 0.667. The molecule has 0 N–H and O–H groups in total. The molecule has 2 aliphatic heterocycles. The number of aryl methyl sites for hydroxylation is 2. The average Bonchev–Trinajstić information content (AvgIpc) is 2.92. The molecule has 1 saturated heterocycles. The molecule has 35 heavy (non-hydrogen) atoms. The van der Waals surface area contributed by atoms with Crippen molar-refractivity contribution in [1.29, 1.82) is 0 Å². The summed E-state index contributed by atoms with van der Waals surface area (Å²) < 4.78 is 2.11. The Bertz CT molecular complexity index is 1380. The molecule has 2 aliphatic rings. The molecule has 1 aromatic heterocycles. The van der Waals surface area contributed by atoms with Gasteiger partial charge in [-0.05, 0) is 35.6 Å². The maximum Gasteiger partial charge on any atom is 0.259 e. The Balaban J connectivity index is 1.26. The van der Waals surface area contributed by atoms with Gasteiger partial charge in [0.1, 0.15) is 5.56 Å². The topological polar surface area (TPSA) is 45.6 Å². The van der Waals surface area contributed by atoms with Crippen LogP contribution >= 0.6 is 0 Å². The number of rotatable bonds is 4. The summed E-state index contributed by atoms with van der Waals surface area (Å²) >= 11 is 0. The molecule has 1 amide bonds. The number of carbonyl (C=O) groups excluding carboxylic acids is 1. The van der Waals surface area contributed by atoms with Gasteiger partial charge in [0.15, 0.2) is 0 Å². The van der Waals surface area contributed by atoms with Crippen molar-refractivity contribution in [2.24, 2.45) is 0 Å². The molecule has 0 radical (unpaired) electrons. The maximum atomic E-state index is 13.5. The van der Waals surface area contributed by atoms with Gasteiger partial charge in [-0.25, -0.2) is 0 Å². The number of pyridine rings is 1. The molecule has 6 rings (SSSR count). The van der Waals surface area contributed by atoms with Crippen molar-refractivity contribution >= 4 is 16.8 Å². The van der Waals surface area contributed by atoms with Crippen LogP contribution in [0.5, 0.6) is 0 Å². The van der Waals surface area contributed by atoms with Crippen molar-refractivity contribution in [3.8, 4) is 0 Å². The summed E-state index contributed by atoms with van der Waals surface area (Å²) in [6.45, 7) is 3.56. The summed E-state index contributed by atoms with van der Waals surface area (Å²) in [4.78, 5) is 31.2. The van der Waals surface area contributed by atoms with Crippen LogP contribution in [0.3, 0.4) is 0 Å². The first-order valence-electron chi connectivity index (χ1n) is 12.5.